The zero-order valence-corrected chi connectivity index (χ0v) is 17.5. The highest BCUT2D eigenvalue weighted by molar-refractivity contribution is 6.25. The summed E-state index contributed by atoms with van der Waals surface area (Å²) in [6.45, 7) is 0. The zero-order valence-electron chi connectivity index (χ0n) is 16.8. The molecule has 5 nitrogen and oxygen atoms in total. The van der Waals surface area contributed by atoms with Gasteiger partial charge in [-0.1, -0.05) is 48.5 Å². The summed E-state index contributed by atoms with van der Waals surface area (Å²) in [5, 5.41) is 13.8. The van der Waals surface area contributed by atoms with Gasteiger partial charge in [-0.25, -0.2) is 9.98 Å². The van der Waals surface area contributed by atoms with Crippen molar-refractivity contribution in [1.82, 2.24) is 4.98 Å². The molecule has 0 unspecified atom stereocenters. The summed E-state index contributed by atoms with van der Waals surface area (Å²) in [5.41, 5.74) is 9.44. The molecule has 0 saturated carbocycles. The second-order valence-electron chi connectivity index (χ2n) is 7.70. The maximum Gasteiger partial charge on any atom is 0.223 e. The van der Waals surface area contributed by atoms with Crippen LogP contribution >= 0.6 is 11.6 Å². The van der Waals surface area contributed by atoms with Crippen molar-refractivity contribution >= 4 is 50.8 Å². The predicted octanol–water partition coefficient (Wildman–Crippen LogP) is 2.24. The van der Waals surface area contributed by atoms with Gasteiger partial charge in [0.25, 0.3) is 0 Å². The lowest BCUT2D eigenvalue weighted by Gasteiger charge is -2.04. The Bertz CT molecular complexity index is 1700. The van der Waals surface area contributed by atoms with Crippen LogP contribution in [0.4, 0.5) is 11.4 Å². The number of aromatic amines is 1. The van der Waals surface area contributed by atoms with Crippen molar-refractivity contribution in [2.45, 2.75) is 0 Å². The number of para-hydroxylation sites is 3. The van der Waals surface area contributed by atoms with Gasteiger partial charge in [0, 0.05) is 28.1 Å². The van der Waals surface area contributed by atoms with Gasteiger partial charge >= 0.3 is 0 Å². The monoisotopic (exact) mass is 437 g/mol. The third-order valence-corrected chi connectivity index (χ3v) is 6.12. The number of hydrogen-bond donors (Lipinski definition) is 2. The predicted molar refractivity (Wildman–Crippen MR) is 123 cm³/mol. The van der Waals surface area contributed by atoms with E-state index in [9.17, 15) is 0 Å². The fraction of sp³-hybridized carbons (Fsp3) is 0.0385. The summed E-state index contributed by atoms with van der Waals surface area (Å²) in [4.78, 5) is 21.5. The number of aromatic nitrogens is 1. The molecule has 2 N–H and O–H groups in total. The van der Waals surface area contributed by atoms with E-state index in [1.54, 1.807) is 0 Å². The molecule has 32 heavy (non-hydrogen) atoms. The van der Waals surface area contributed by atoms with Crippen LogP contribution < -0.4 is 20.8 Å². The van der Waals surface area contributed by atoms with Gasteiger partial charge in [-0.3, -0.25) is 0 Å². The van der Waals surface area contributed by atoms with E-state index in [4.69, 9.17) is 14.9 Å². The Morgan fingerprint density at radius 1 is 0.938 bits per heavy atom. The highest BCUT2D eigenvalue weighted by Crippen LogP contribution is 2.41. The molecular formula is C26H16ClN3O2. The minimum absolute atomic E-state index is 0.417. The van der Waals surface area contributed by atoms with Crippen molar-refractivity contribution in [3.05, 3.63) is 83.5 Å². The lowest BCUT2D eigenvalue weighted by molar-refractivity contribution is -0.395. The number of aliphatic carboxylic acids is 1. The Labute approximate surface area is 187 Å². The number of fused-ring (bicyclic) bond motifs is 12. The fourth-order valence-corrected chi connectivity index (χ4v) is 4.69. The van der Waals surface area contributed by atoms with Gasteiger partial charge in [-0.2, -0.15) is 0 Å². The van der Waals surface area contributed by atoms with Crippen molar-refractivity contribution in [2.75, 3.05) is 5.88 Å². The number of hydrogen-bond acceptors (Lipinski definition) is 3. The molecule has 0 aliphatic carbocycles. The number of nitrogens with zero attached hydrogens (tertiary/aromatic N) is 1. The molecule has 0 radical (unpaired) electrons. The third kappa shape index (κ3) is 2.61. The number of carboxylic acid groups (broad SMARTS) is 1. The van der Waals surface area contributed by atoms with Crippen LogP contribution in [0.1, 0.15) is 0 Å². The van der Waals surface area contributed by atoms with Crippen molar-refractivity contribution in [2.24, 2.45) is 4.99 Å². The Morgan fingerprint density at radius 3 is 2.44 bits per heavy atom. The number of carboxylic acids is 1. The molecule has 7 rings (SSSR count). The Balaban J connectivity index is 0.000000357. The molecule has 0 saturated heterocycles. The highest BCUT2D eigenvalue weighted by Gasteiger charge is 2.32. The van der Waals surface area contributed by atoms with Crippen molar-refractivity contribution in [1.29, 1.82) is 0 Å². The van der Waals surface area contributed by atoms with E-state index in [2.05, 4.69) is 94.4 Å². The zero-order chi connectivity index (χ0) is 21.8. The summed E-state index contributed by atoms with van der Waals surface area (Å²) >= 11 is 4.67. The molecule has 3 heterocycles. The van der Waals surface area contributed by atoms with Gasteiger partial charge in [-0.15, -0.1) is 11.6 Å². The second-order valence-corrected chi connectivity index (χ2v) is 7.97. The van der Waals surface area contributed by atoms with Crippen LogP contribution in [0, 0.1) is 0 Å². The lowest BCUT2D eigenvalue weighted by atomic mass is 9.93. The molecule has 0 bridgehead atoms. The average Bonchev–Trinajstić information content (AvgIpc) is 3.50. The summed E-state index contributed by atoms with van der Waals surface area (Å²) in [7, 11) is 0. The van der Waals surface area contributed by atoms with E-state index in [-0.39, 0.29) is 0 Å². The molecule has 6 heteroatoms. The molecule has 154 valence electrons. The average molecular weight is 438 g/mol. The third-order valence-electron chi connectivity index (χ3n) is 5.90. The quantitative estimate of drug-likeness (QED) is 0.386. The SMILES string of the molecule is O=C([O-])CCl.c1ccc2c(c1)N=c1c-2c2c(c3c1[nH]c1ccccc13)=[NH+]c1ccccc1-2. The van der Waals surface area contributed by atoms with E-state index < -0.39 is 11.8 Å². The fourth-order valence-electron chi connectivity index (χ4n) is 4.69. The maximum absolute atomic E-state index is 9.12. The minimum Gasteiger partial charge on any atom is -0.549 e. The van der Waals surface area contributed by atoms with Gasteiger partial charge in [0.05, 0.1) is 44.9 Å². The maximum atomic E-state index is 9.12. The van der Waals surface area contributed by atoms with Crippen LogP contribution in [-0.2, 0) is 4.79 Å². The van der Waals surface area contributed by atoms with E-state index in [1.807, 2.05) is 0 Å². The Hall–Kier alpha value is -3.96. The molecule has 0 spiro atoms. The normalized spacial score (nSPS) is 12.2. The molecule has 0 amide bonds. The van der Waals surface area contributed by atoms with Gasteiger partial charge in [0.2, 0.25) is 11.0 Å². The molecule has 4 aromatic carbocycles. The van der Waals surface area contributed by atoms with Crippen LogP contribution in [0.2, 0.25) is 0 Å². The first kappa shape index (κ1) is 18.8. The van der Waals surface area contributed by atoms with Crippen LogP contribution in [-0.4, -0.2) is 16.8 Å². The van der Waals surface area contributed by atoms with E-state index in [0.29, 0.717) is 0 Å². The van der Waals surface area contributed by atoms with Crippen LogP contribution in [0.5, 0.6) is 0 Å². The number of alkyl halides is 1. The number of benzene rings is 4. The number of halogens is 1. The van der Waals surface area contributed by atoms with E-state index >= 15 is 0 Å². The van der Waals surface area contributed by atoms with Gasteiger partial charge in [-0.05, 0) is 18.2 Å². The number of H-pyrrole nitrogens is 1. The largest absolute Gasteiger partial charge is 0.549 e. The van der Waals surface area contributed by atoms with Crippen LogP contribution in [0.25, 0.3) is 44.1 Å². The number of carbonyl (C=O) groups is 1. The summed E-state index contributed by atoms with van der Waals surface area (Å²) in [5.74, 6) is -1.65. The van der Waals surface area contributed by atoms with Gasteiger partial charge in [0.15, 0.2) is 0 Å². The highest BCUT2D eigenvalue weighted by atomic mass is 35.5. The van der Waals surface area contributed by atoms with E-state index in [0.717, 1.165) is 27.8 Å². The van der Waals surface area contributed by atoms with Crippen LogP contribution in [0.3, 0.4) is 0 Å². The number of rotatable bonds is 1. The van der Waals surface area contributed by atoms with Gasteiger partial charge < -0.3 is 14.9 Å². The molecular weight excluding hydrogens is 422 g/mol. The minimum atomic E-state index is -1.23. The first-order valence-corrected chi connectivity index (χ1v) is 10.7. The molecule has 2 aliphatic rings. The second kappa shape index (κ2) is 7.04. The van der Waals surface area contributed by atoms with Crippen LogP contribution in [0.15, 0.2) is 77.8 Å². The van der Waals surface area contributed by atoms with Crippen molar-refractivity contribution in [3.8, 4) is 22.3 Å². The van der Waals surface area contributed by atoms with Gasteiger partial charge in [0.1, 0.15) is 0 Å². The topological polar surface area (TPSA) is 82.2 Å². The summed E-state index contributed by atoms with van der Waals surface area (Å²) < 4.78 is 0. The number of carbonyl (C=O) groups excluding carboxylic acids is 1. The summed E-state index contributed by atoms with van der Waals surface area (Å²) in [6, 6.07) is 25.5. The first-order valence-electron chi connectivity index (χ1n) is 10.2. The number of nitrogens with one attached hydrogen (secondary N) is 2. The molecule has 1 aromatic heterocycles. The standard InChI is InChI=1S/C24H13N3.C2H3ClO2/c1-4-10-16-13(7-1)19-20-14-8-2-5-11-17(14)26-23(20)24-21(22(19)25-16)15-9-3-6-12-18(15)27-24;3-1-2(4)5/h1-12,27H;1H2,(H,4,5). The van der Waals surface area contributed by atoms with Crippen molar-refractivity contribution in [3.63, 3.8) is 0 Å². The molecule has 5 aromatic rings. The molecule has 2 aliphatic heterocycles. The molecule has 0 atom stereocenters. The smallest absolute Gasteiger partial charge is 0.223 e. The van der Waals surface area contributed by atoms with E-state index in [1.165, 1.54) is 38.4 Å². The summed E-state index contributed by atoms with van der Waals surface area (Å²) in [6.07, 6.45) is 0. The molecule has 0 fully saturated rings. The Morgan fingerprint density at radius 2 is 1.62 bits per heavy atom. The lowest BCUT2D eigenvalue weighted by Crippen LogP contribution is -2.68. The van der Waals surface area contributed by atoms with Crippen molar-refractivity contribution < 1.29 is 14.9 Å². The first-order chi connectivity index (χ1) is 15.7. The Kier molecular flexibility index (Phi) is 4.13.